The van der Waals surface area contributed by atoms with Gasteiger partial charge in [0.2, 0.25) is 5.89 Å². The lowest BCUT2D eigenvalue weighted by molar-refractivity contribution is 0.241. The van der Waals surface area contributed by atoms with Crippen LogP contribution in [-0.2, 0) is 0 Å². The van der Waals surface area contributed by atoms with Gasteiger partial charge in [-0.3, -0.25) is 0 Å². The molecule has 3 rings (SSSR count). The minimum atomic E-state index is -0.590. The number of benzene rings is 1. The van der Waals surface area contributed by atoms with Crippen molar-refractivity contribution in [2.75, 3.05) is 5.32 Å². The molecule has 118 valence electrons. The van der Waals surface area contributed by atoms with E-state index in [4.69, 9.17) is 21.8 Å². The lowest BCUT2D eigenvalue weighted by Gasteiger charge is -2.37. The van der Waals surface area contributed by atoms with Gasteiger partial charge in [-0.1, -0.05) is 11.6 Å². The Morgan fingerprint density at radius 1 is 1.55 bits per heavy atom. The van der Waals surface area contributed by atoms with Crippen molar-refractivity contribution in [1.82, 2.24) is 10.2 Å². The van der Waals surface area contributed by atoms with E-state index in [1.54, 1.807) is 6.07 Å². The number of hydrogen-bond acceptors (Lipinski definition) is 5. The SMILES string of the molecule is C[C@H](Nc1cc(-c2n[nH]c(=O)o2)cc(Br)c1Cl)C1CC(N)C1. The van der Waals surface area contributed by atoms with Gasteiger partial charge >= 0.3 is 5.76 Å². The molecule has 4 N–H and O–H groups in total. The third-order valence-electron chi connectivity index (χ3n) is 4.01. The molecule has 1 aromatic carbocycles. The summed E-state index contributed by atoms with van der Waals surface area (Å²) in [6, 6.07) is 4.14. The van der Waals surface area contributed by atoms with Crippen LogP contribution >= 0.6 is 27.5 Å². The molecule has 0 saturated heterocycles. The van der Waals surface area contributed by atoms with Crippen LogP contribution in [-0.4, -0.2) is 22.3 Å². The monoisotopic (exact) mass is 386 g/mol. The molecule has 2 aromatic rings. The molecule has 1 aromatic heterocycles. The first-order valence-corrected chi connectivity index (χ1v) is 8.18. The average Bonchev–Trinajstić information content (AvgIpc) is 2.86. The van der Waals surface area contributed by atoms with Crippen LogP contribution in [0.25, 0.3) is 11.5 Å². The van der Waals surface area contributed by atoms with Crippen LogP contribution in [0.2, 0.25) is 5.02 Å². The van der Waals surface area contributed by atoms with E-state index in [9.17, 15) is 4.79 Å². The van der Waals surface area contributed by atoms with Crippen molar-refractivity contribution in [3.05, 3.63) is 32.2 Å². The van der Waals surface area contributed by atoms with Gasteiger partial charge in [0.05, 0.1) is 10.7 Å². The van der Waals surface area contributed by atoms with Crippen LogP contribution in [0, 0.1) is 5.92 Å². The fourth-order valence-corrected chi connectivity index (χ4v) is 3.27. The number of nitrogens with two attached hydrogens (primary N) is 1. The predicted octanol–water partition coefficient (Wildman–Crippen LogP) is 2.98. The first kappa shape index (κ1) is 15.6. The van der Waals surface area contributed by atoms with Gasteiger partial charge in [0.1, 0.15) is 0 Å². The van der Waals surface area contributed by atoms with Crippen molar-refractivity contribution in [1.29, 1.82) is 0 Å². The molecular weight excluding hydrogens is 372 g/mol. The summed E-state index contributed by atoms with van der Waals surface area (Å²) < 4.78 is 5.69. The van der Waals surface area contributed by atoms with Crippen LogP contribution < -0.4 is 16.8 Å². The van der Waals surface area contributed by atoms with Gasteiger partial charge in [0.25, 0.3) is 0 Å². The summed E-state index contributed by atoms with van der Waals surface area (Å²) in [5, 5.41) is 10.1. The standard InChI is InChI=1S/C14H16BrClN4O2/c1-6(7-2-9(17)3-7)18-11-5-8(4-10(15)12(11)16)13-19-20-14(21)22-13/h4-7,9,18H,2-3,17H2,1H3,(H,20,21)/t6-,7?,9?/m0/s1. The molecule has 8 heteroatoms. The summed E-state index contributed by atoms with van der Waals surface area (Å²) in [4.78, 5) is 11.1. The molecule has 0 spiro atoms. The number of nitrogens with zero attached hydrogens (tertiary/aromatic N) is 1. The van der Waals surface area contributed by atoms with E-state index in [0.717, 1.165) is 18.5 Å². The fraction of sp³-hybridized carbons (Fsp3) is 0.429. The largest absolute Gasteiger partial charge is 0.434 e. The molecule has 1 fully saturated rings. The second kappa shape index (κ2) is 6.06. The summed E-state index contributed by atoms with van der Waals surface area (Å²) in [6.07, 6.45) is 2.03. The first-order chi connectivity index (χ1) is 10.4. The Balaban J connectivity index is 1.86. The molecule has 0 bridgehead atoms. The molecule has 0 radical (unpaired) electrons. The van der Waals surface area contributed by atoms with Crippen LogP contribution in [0.1, 0.15) is 19.8 Å². The average molecular weight is 388 g/mol. The fourth-order valence-electron chi connectivity index (χ4n) is 2.65. The van der Waals surface area contributed by atoms with Gasteiger partial charge in [0.15, 0.2) is 0 Å². The number of anilines is 1. The summed E-state index contributed by atoms with van der Waals surface area (Å²) >= 11 is 9.76. The molecule has 0 amide bonds. The second-order valence-corrected chi connectivity index (χ2v) is 6.89. The number of aromatic amines is 1. The number of halogens is 2. The maximum absolute atomic E-state index is 11.1. The van der Waals surface area contributed by atoms with E-state index in [1.807, 2.05) is 6.07 Å². The quantitative estimate of drug-likeness (QED) is 0.749. The smallest absolute Gasteiger partial charge is 0.388 e. The zero-order valence-electron chi connectivity index (χ0n) is 11.9. The third kappa shape index (κ3) is 3.06. The second-order valence-electron chi connectivity index (χ2n) is 5.66. The van der Waals surface area contributed by atoms with E-state index in [-0.39, 0.29) is 11.9 Å². The number of rotatable bonds is 4. The topological polar surface area (TPSA) is 96.9 Å². The number of nitrogens with one attached hydrogen (secondary N) is 2. The van der Waals surface area contributed by atoms with Crippen LogP contribution in [0.5, 0.6) is 0 Å². The summed E-state index contributed by atoms with van der Waals surface area (Å²) in [5.41, 5.74) is 7.27. The van der Waals surface area contributed by atoms with Crippen LogP contribution in [0.15, 0.2) is 25.8 Å². The molecule has 6 nitrogen and oxygen atoms in total. The van der Waals surface area contributed by atoms with E-state index in [2.05, 4.69) is 38.4 Å². The minimum absolute atomic E-state index is 0.226. The van der Waals surface area contributed by atoms with Crippen LogP contribution in [0.3, 0.4) is 0 Å². The lowest BCUT2D eigenvalue weighted by Crippen LogP contribution is -2.43. The number of aromatic nitrogens is 2. The predicted molar refractivity (Wildman–Crippen MR) is 89.1 cm³/mol. The highest BCUT2D eigenvalue weighted by Gasteiger charge is 2.30. The van der Waals surface area contributed by atoms with Gasteiger partial charge in [-0.2, -0.15) is 0 Å². The van der Waals surface area contributed by atoms with Crippen molar-refractivity contribution in [3.8, 4) is 11.5 Å². The Kier molecular flexibility index (Phi) is 4.29. The van der Waals surface area contributed by atoms with Gasteiger partial charge in [-0.25, -0.2) is 9.89 Å². The highest BCUT2D eigenvalue weighted by Crippen LogP contribution is 2.37. The Bertz CT molecular complexity index is 739. The van der Waals surface area contributed by atoms with E-state index in [0.29, 0.717) is 27.0 Å². The summed E-state index contributed by atoms with van der Waals surface area (Å²) in [6.45, 7) is 2.11. The van der Waals surface area contributed by atoms with Crippen molar-refractivity contribution in [2.24, 2.45) is 11.7 Å². The molecule has 1 aliphatic rings. The van der Waals surface area contributed by atoms with E-state index < -0.39 is 5.76 Å². The van der Waals surface area contributed by atoms with Crippen LogP contribution in [0.4, 0.5) is 5.69 Å². The van der Waals surface area contributed by atoms with Gasteiger partial charge in [-0.05, 0) is 53.7 Å². The van der Waals surface area contributed by atoms with Crippen molar-refractivity contribution >= 4 is 33.2 Å². The Hall–Kier alpha value is -1.31. The summed E-state index contributed by atoms with van der Waals surface area (Å²) in [7, 11) is 0. The lowest BCUT2D eigenvalue weighted by atomic mass is 9.76. The first-order valence-electron chi connectivity index (χ1n) is 7.01. The molecule has 1 heterocycles. The van der Waals surface area contributed by atoms with Crippen molar-refractivity contribution in [2.45, 2.75) is 31.8 Å². The maximum atomic E-state index is 11.1. The Labute approximate surface area is 140 Å². The molecular formula is C14H16BrClN4O2. The van der Waals surface area contributed by atoms with Crippen molar-refractivity contribution < 1.29 is 4.42 Å². The highest BCUT2D eigenvalue weighted by molar-refractivity contribution is 9.10. The van der Waals surface area contributed by atoms with Crippen molar-refractivity contribution in [3.63, 3.8) is 0 Å². The van der Waals surface area contributed by atoms with E-state index >= 15 is 0 Å². The third-order valence-corrected chi connectivity index (χ3v) is 5.28. The Morgan fingerprint density at radius 3 is 2.86 bits per heavy atom. The molecule has 22 heavy (non-hydrogen) atoms. The highest BCUT2D eigenvalue weighted by atomic mass is 79.9. The normalized spacial score (nSPS) is 22.2. The number of H-pyrrole nitrogens is 1. The van der Waals surface area contributed by atoms with E-state index in [1.165, 1.54) is 0 Å². The van der Waals surface area contributed by atoms with Gasteiger partial charge < -0.3 is 15.5 Å². The number of hydrogen-bond donors (Lipinski definition) is 3. The zero-order chi connectivity index (χ0) is 15.9. The van der Waals surface area contributed by atoms with Gasteiger partial charge in [-0.15, -0.1) is 5.10 Å². The minimum Gasteiger partial charge on any atom is -0.388 e. The maximum Gasteiger partial charge on any atom is 0.434 e. The van der Waals surface area contributed by atoms with Gasteiger partial charge in [0, 0.05) is 22.1 Å². The molecule has 1 aliphatic carbocycles. The molecule has 0 aliphatic heterocycles. The Morgan fingerprint density at radius 2 is 2.27 bits per heavy atom. The molecule has 1 atom stereocenters. The molecule has 0 unspecified atom stereocenters. The molecule has 1 saturated carbocycles. The summed E-state index contributed by atoms with van der Waals surface area (Å²) in [5.74, 6) is 0.174. The zero-order valence-corrected chi connectivity index (χ0v) is 14.2.